The molecule has 0 aliphatic rings. The van der Waals surface area contributed by atoms with Crippen LogP contribution in [-0.2, 0) is 16.1 Å². The van der Waals surface area contributed by atoms with E-state index in [4.69, 9.17) is 9.47 Å². The van der Waals surface area contributed by atoms with Gasteiger partial charge in [0.2, 0.25) is 5.91 Å². The van der Waals surface area contributed by atoms with Crippen LogP contribution in [0.3, 0.4) is 0 Å². The molecule has 1 N–H and O–H groups in total. The summed E-state index contributed by atoms with van der Waals surface area (Å²) in [6.07, 6.45) is 0.439. The number of methoxy groups -OCH3 is 1. The number of ether oxygens (including phenoxy) is 2. The number of rotatable bonds is 10. The Balaban J connectivity index is 2.17. The highest BCUT2D eigenvalue weighted by atomic mass is 19.1. The Morgan fingerprint density at radius 3 is 2.17 bits per heavy atom. The minimum atomic E-state index is -0.663. The van der Waals surface area contributed by atoms with E-state index in [-0.39, 0.29) is 36.8 Å². The Hall–Kier alpha value is -3.09. The molecule has 7 heteroatoms. The summed E-state index contributed by atoms with van der Waals surface area (Å²) < 4.78 is 24.0. The first-order chi connectivity index (χ1) is 14.3. The molecule has 30 heavy (non-hydrogen) atoms. The summed E-state index contributed by atoms with van der Waals surface area (Å²) in [6.45, 7) is 5.53. The second kappa shape index (κ2) is 11.2. The Morgan fingerprint density at radius 2 is 1.63 bits per heavy atom. The number of nitrogens with zero attached hydrogens (tertiary/aromatic N) is 1. The molecular weight excluding hydrogens is 387 g/mol. The molecule has 2 aromatic carbocycles. The van der Waals surface area contributed by atoms with Crippen molar-refractivity contribution in [2.24, 2.45) is 0 Å². The van der Waals surface area contributed by atoms with Gasteiger partial charge in [0.15, 0.2) is 6.61 Å². The molecule has 2 amide bonds. The maximum Gasteiger partial charge on any atom is 0.261 e. The van der Waals surface area contributed by atoms with Crippen molar-refractivity contribution in [1.29, 1.82) is 0 Å². The van der Waals surface area contributed by atoms with Crippen molar-refractivity contribution in [1.82, 2.24) is 10.2 Å². The summed E-state index contributed by atoms with van der Waals surface area (Å²) in [4.78, 5) is 27.2. The molecule has 0 saturated carbocycles. The predicted octanol–water partition coefficient (Wildman–Crippen LogP) is 3.55. The van der Waals surface area contributed by atoms with Crippen molar-refractivity contribution < 1.29 is 23.5 Å². The van der Waals surface area contributed by atoms with Gasteiger partial charge in [0, 0.05) is 12.6 Å². The van der Waals surface area contributed by atoms with Crippen LogP contribution < -0.4 is 14.8 Å². The number of halogens is 1. The van der Waals surface area contributed by atoms with Gasteiger partial charge in [-0.1, -0.05) is 19.1 Å². The van der Waals surface area contributed by atoms with E-state index in [1.807, 2.05) is 20.8 Å². The van der Waals surface area contributed by atoms with Crippen molar-refractivity contribution in [2.75, 3.05) is 13.7 Å². The van der Waals surface area contributed by atoms with Crippen LogP contribution >= 0.6 is 0 Å². The first-order valence-corrected chi connectivity index (χ1v) is 9.95. The monoisotopic (exact) mass is 416 g/mol. The number of carbonyl (C=O) groups is 2. The molecule has 0 bridgehead atoms. The molecule has 162 valence electrons. The summed E-state index contributed by atoms with van der Waals surface area (Å²) in [5.41, 5.74) is 0.727. The molecule has 0 heterocycles. The van der Waals surface area contributed by atoms with Crippen molar-refractivity contribution in [3.8, 4) is 11.5 Å². The van der Waals surface area contributed by atoms with E-state index < -0.39 is 6.04 Å². The topological polar surface area (TPSA) is 67.9 Å². The molecule has 0 aliphatic heterocycles. The molecular formula is C23H29FN2O4. The predicted molar refractivity (Wildman–Crippen MR) is 113 cm³/mol. The van der Waals surface area contributed by atoms with Crippen LogP contribution in [0.25, 0.3) is 0 Å². The summed E-state index contributed by atoms with van der Waals surface area (Å²) in [7, 11) is 1.57. The minimum absolute atomic E-state index is 0.0510. The number of amides is 2. The fourth-order valence-electron chi connectivity index (χ4n) is 2.99. The van der Waals surface area contributed by atoms with Gasteiger partial charge in [0.1, 0.15) is 23.4 Å². The van der Waals surface area contributed by atoms with Crippen molar-refractivity contribution >= 4 is 11.8 Å². The molecule has 0 aliphatic carbocycles. The van der Waals surface area contributed by atoms with Gasteiger partial charge in [-0.15, -0.1) is 0 Å². The van der Waals surface area contributed by atoms with Crippen LogP contribution in [0.1, 0.15) is 32.8 Å². The largest absolute Gasteiger partial charge is 0.497 e. The van der Waals surface area contributed by atoms with Crippen LogP contribution in [-0.4, -0.2) is 42.5 Å². The lowest BCUT2D eigenvalue weighted by molar-refractivity contribution is -0.143. The van der Waals surface area contributed by atoms with Gasteiger partial charge in [-0.05, 0) is 62.2 Å². The fraction of sp³-hybridized carbons (Fsp3) is 0.391. The van der Waals surface area contributed by atoms with Crippen molar-refractivity contribution in [3.05, 3.63) is 59.9 Å². The number of hydrogen-bond acceptors (Lipinski definition) is 4. The minimum Gasteiger partial charge on any atom is -0.497 e. The van der Waals surface area contributed by atoms with E-state index in [1.165, 1.54) is 17.0 Å². The SMILES string of the molecule is CCC(C(=O)NC(C)C)N(Cc1ccc(F)cc1)C(=O)COc1ccc(OC)cc1. The van der Waals surface area contributed by atoms with Crippen LogP contribution in [0, 0.1) is 5.82 Å². The Labute approximate surface area is 177 Å². The summed E-state index contributed by atoms with van der Waals surface area (Å²) in [5, 5.41) is 2.86. The maximum absolute atomic E-state index is 13.3. The van der Waals surface area contributed by atoms with Gasteiger partial charge < -0.3 is 19.7 Å². The number of hydrogen-bond donors (Lipinski definition) is 1. The Bertz CT molecular complexity index is 822. The average Bonchev–Trinajstić information content (AvgIpc) is 2.73. The van der Waals surface area contributed by atoms with E-state index in [0.717, 1.165) is 5.56 Å². The summed E-state index contributed by atoms with van der Waals surface area (Å²) in [5.74, 6) is 0.283. The highest BCUT2D eigenvalue weighted by Crippen LogP contribution is 2.18. The van der Waals surface area contributed by atoms with Crippen LogP contribution in [0.15, 0.2) is 48.5 Å². The zero-order valence-electron chi connectivity index (χ0n) is 17.9. The fourth-order valence-corrected chi connectivity index (χ4v) is 2.99. The van der Waals surface area contributed by atoms with Gasteiger partial charge >= 0.3 is 0 Å². The van der Waals surface area contributed by atoms with Gasteiger partial charge in [-0.3, -0.25) is 9.59 Å². The first-order valence-electron chi connectivity index (χ1n) is 9.95. The normalized spacial score (nSPS) is 11.7. The second-order valence-corrected chi connectivity index (χ2v) is 7.20. The van der Waals surface area contributed by atoms with Gasteiger partial charge in [0.05, 0.1) is 7.11 Å². The highest BCUT2D eigenvalue weighted by molar-refractivity contribution is 5.88. The van der Waals surface area contributed by atoms with Gasteiger partial charge in [-0.2, -0.15) is 0 Å². The molecule has 2 aromatic rings. The lowest BCUT2D eigenvalue weighted by Crippen LogP contribution is -2.51. The molecule has 1 unspecified atom stereocenters. The van der Waals surface area contributed by atoms with Crippen LogP contribution in [0.4, 0.5) is 4.39 Å². The number of benzene rings is 2. The molecule has 0 radical (unpaired) electrons. The quantitative estimate of drug-likeness (QED) is 0.643. The summed E-state index contributed by atoms with van der Waals surface area (Å²) >= 11 is 0. The Morgan fingerprint density at radius 1 is 1.03 bits per heavy atom. The highest BCUT2D eigenvalue weighted by Gasteiger charge is 2.29. The molecule has 0 fully saturated rings. The molecule has 2 rings (SSSR count). The first kappa shape index (κ1) is 23.2. The smallest absolute Gasteiger partial charge is 0.261 e. The van der Waals surface area contributed by atoms with E-state index in [2.05, 4.69) is 5.32 Å². The zero-order valence-corrected chi connectivity index (χ0v) is 17.9. The molecule has 0 spiro atoms. The number of carbonyl (C=O) groups excluding carboxylic acids is 2. The molecule has 6 nitrogen and oxygen atoms in total. The van der Waals surface area contributed by atoms with Gasteiger partial charge in [-0.25, -0.2) is 4.39 Å². The second-order valence-electron chi connectivity index (χ2n) is 7.20. The van der Waals surface area contributed by atoms with E-state index >= 15 is 0 Å². The molecule has 1 atom stereocenters. The standard InChI is InChI=1S/C23H29FN2O4/c1-5-21(23(28)25-16(2)3)26(14-17-6-8-18(24)9-7-17)22(27)15-30-20-12-10-19(29-4)11-13-20/h6-13,16,21H,5,14-15H2,1-4H3,(H,25,28). The molecule has 0 saturated heterocycles. The van der Waals surface area contributed by atoms with Crippen molar-refractivity contribution in [2.45, 2.75) is 45.8 Å². The third-order valence-corrected chi connectivity index (χ3v) is 4.50. The van der Waals surface area contributed by atoms with Crippen molar-refractivity contribution in [3.63, 3.8) is 0 Å². The summed E-state index contributed by atoms with van der Waals surface area (Å²) in [6, 6.07) is 12.1. The third-order valence-electron chi connectivity index (χ3n) is 4.50. The van der Waals surface area contributed by atoms with Crippen LogP contribution in [0.5, 0.6) is 11.5 Å². The molecule has 0 aromatic heterocycles. The average molecular weight is 416 g/mol. The maximum atomic E-state index is 13.3. The van der Waals surface area contributed by atoms with E-state index in [1.54, 1.807) is 43.5 Å². The zero-order chi connectivity index (χ0) is 22.1. The van der Waals surface area contributed by atoms with Crippen LogP contribution in [0.2, 0.25) is 0 Å². The van der Waals surface area contributed by atoms with Gasteiger partial charge in [0.25, 0.3) is 5.91 Å². The lowest BCUT2D eigenvalue weighted by Gasteiger charge is -2.31. The van der Waals surface area contributed by atoms with E-state index in [9.17, 15) is 14.0 Å². The Kier molecular flexibility index (Phi) is 8.65. The lowest BCUT2D eigenvalue weighted by atomic mass is 10.1. The third kappa shape index (κ3) is 6.76. The van der Waals surface area contributed by atoms with E-state index in [0.29, 0.717) is 17.9 Å². The number of nitrogens with one attached hydrogen (secondary N) is 1.